The van der Waals surface area contributed by atoms with Crippen LogP contribution in [-0.2, 0) is 14.2 Å². The van der Waals surface area contributed by atoms with Gasteiger partial charge in [-0.15, -0.1) is 0 Å². The highest BCUT2D eigenvalue weighted by Gasteiger charge is 2.14. The molecular weight excluding hydrogens is 440 g/mol. The van der Waals surface area contributed by atoms with E-state index in [4.69, 9.17) is 0 Å². The normalized spacial score (nSPS) is 9.68. The highest BCUT2D eigenvalue weighted by Crippen LogP contribution is 2.25. The molecule has 0 aromatic heterocycles. The van der Waals surface area contributed by atoms with Crippen LogP contribution in [0.2, 0.25) is 0 Å². The third kappa shape index (κ3) is 7.58. The molecule has 0 aliphatic heterocycles. The van der Waals surface area contributed by atoms with Gasteiger partial charge in [-0.25, -0.2) is 14.4 Å². The molecule has 1 N–H and O–H groups in total. The van der Waals surface area contributed by atoms with E-state index < -0.39 is 12.2 Å². The molecule has 0 unspecified atom stereocenters. The van der Waals surface area contributed by atoms with E-state index >= 15 is 0 Å². The Balaban J connectivity index is 0.000000342. The maximum Gasteiger partial charge on any atom is 0.413 e. The van der Waals surface area contributed by atoms with Gasteiger partial charge in [0.25, 0.3) is 0 Å². The largest absolute Gasteiger partial charge is 0.453 e. The lowest BCUT2D eigenvalue weighted by atomic mass is 10.1. The molecule has 0 saturated carbocycles. The van der Waals surface area contributed by atoms with E-state index in [-0.39, 0.29) is 6.09 Å². The Morgan fingerprint density at radius 3 is 1.62 bits per heavy atom. The zero-order chi connectivity index (χ0) is 26.0. The number of hydrogen-bond acceptors (Lipinski definition) is 7. The monoisotopic (exact) mass is 474 g/mol. The minimum absolute atomic E-state index is 0.367. The first kappa shape index (κ1) is 28.1. The summed E-state index contributed by atoms with van der Waals surface area (Å²) in [6.45, 7) is 3.88. The summed E-state index contributed by atoms with van der Waals surface area (Å²) >= 11 is 0. The van der Waals surface area contributed by atoms with Gasteiger partial charge in [-0.05, 0) is 49.2 Å². The summed E-state index contributed by atoms with van der Waals surface area (Å²) < 4.78 is 13.8. The van der Waals surface area contributed by atoms with E-state index in [0.717, 1.165) is 16.9 Å². The highest BCUT2D eigenvalue weighted by atomic mass is 16.5. The van der Waals surface area contributed by atoms with E-state index in [1.165, 1.54) is 36.7 Å². The Labute approximate surface area is 201 Å². The topological polar surface area (TPSA) is 101 Å². The SMILES string of the molecule is COC(=O)N(C)c1ccc(C)c(N(C)C)c1.COC(=O)Nc1cc(N(C)C(=O)OC)ccc1C. The van der Waals surface area contributed by atoms with Crippen LogP contribution >= 0.6 is 0 Å². The van der Waals surface area contributed by atoms with Gasteiger partial charge in [-0.3, -0.25) is 15.1 Å². The van der Waals surface area contributed by atoms with Crippen molar-refractivity contribution in [3.8, 4) is 0 Å². The molecule has 0 aliphatic rings. The van der Waals surface area contributed by atoms with Gasteiger partial charge in [0.2, 0.25) is 0 Å². The summed E-state index contributed by atoms with van der Waals surface area (Å²) in [5.41, 5.74) is 5.14. The summed E-state index contributed by atoms with van der Waals surface area (Å²) in [5.74, 6) is 0. The summed E-state index contributed by atoms with van der Waals surface area (Å²) in [7, 11) is 11.2. The first-order valence-corrected chi connectivity index (χ1v) is 10.3. The number of ether oxygens (including phenoxy) is 3. The summed E-state index contributed by atoms with van der Waals surface area (Å²) in [6.07, 6.45) is -1.41. The lowest BCUT2D eigenvalue weighted by molar-refractivity contribution is 0.179. The Hall–Kier alpha value is -3.95. The first-order chi connectivity index (χ1) is 16.0. The number of methoxy groups -OCH3 is 3. The number of nitrogens with one attached hydrogen (secondary N) is 1. The van der Waals surface area contributed by atoms with Crippen molar-refractivity contribution in [3.05, 3.63) is 47.5 Å². The zero-order valence-corrected chi connectivity index (χ0v) is 21.3. The van der Waals surface area contributed by atoms with Crippen molar-refractivity contribution in [1.29, 1.82) is 0 Å². The van der Waals surface area contributed by atoms with Crippen LogP contribution in [-0.4, -0.2) is 67.8 Å². The number of nitrogens with zero attached hydrogens (tertiary/aromatic N) is 3. The fourth-order valence-corrected chi connectivity index (χ4v) is 2.89. The molecule has 0 fully saturated rings. The number of carbonyl (C=O) groups excluding carboxylic acids is 3. The van der Waals surface area contributed by atoms with Crippen molar-refractivity contribution in [2.75, 3.05) is 69.5 Å². The van der Waals surface area contributed by atoms with E-state index in [1.807, 2.05) is 51.0 Å². The van der Waals surface area contributed by atoms with Crippen molar-refractivity contribution in [2.24, 2.45) is 0 Å². The number of carbonyl (C=O) groups is 3. The van der Waals surface area contributed by atoms with Crippen LogP contribution in [0.3, 0.4) is 0 Å². The second-order valence-corrected chi connectivity index (χ2v) is 7.54. The molecule has 0 radical (unpaired) electrons. The maximum absolute atomic E-state index is 11.4. The maximum atomic E-state index is 11.4. The van der Waals surface area contributed by atoms with Crippen molar-refractivity contribution in [1.82, 2.24) is 0 Å². The number of amides is 3. The van der Waals surface area contributed by atoms with Crippen LogP contribution in [0.5, 0.6) is 0 Å². The molecule has 34 heavy (non-hydrogen) atoms. The van der Waals surface area contributed by atoms with E-state index in [9.17, 15) is 14.4 Å². The van der Waals surface area contributed by atoms with Crippen LogP contribution in [0.4, 0.5) is 37.1 Å². The third-order valence-electron chi connectivity index (χ3n) is 4.99. The smallest absolute Gasteiger partial charge is 0.413 e. The average molecular weight is 475 g/mol. The minimum Gasteiger partial charge on any atom is -0.453 e. The summed E-state index contributed by atoms with van der Waals surface area (Å²) in [6, 6.07) is 11.1. The van der Waals surface area contributed by atoms with Crippen LogP contribution in [0.25, 0.3) is 0 Å². The standard InChI is InChI=1S/C12H16N2O4.C12H18N2O2/c1-8-5-6-9(14(2)12(16)18-4)7-10(8)13-11(15)17-3;1-9-6-7-10(8-11(9)13(2)3)14(4)12(15)16-5/h5-7H,1-4H3,(H,13,15);6-8H,1-5H3. The molecular formula is C24H34N4O6. The number of benzene rings is 2. The molecule has 0 spiro atoms. The molecule has 186 valence electrons. The fourth-order valence-electron chi connectivity index (χ4n) is 2.89. The molecule has 2 aromatic carbocycles. The molecule has 2 rings (SSSR count). The Morgan fingerprint density at radius 1 is 0.706 bits per heavy atom. The lowest BCUT2D eigenvalue weighted by Gasteiger charge is -2.20. The minimum atomic E-state index is -0.559. The number of hydrogen-bond donors (Lipinski definition) is 1. The number of anilines is 4. The van der Waals surface area contributed by atoms with E-state index in [1.54, 1.807) is 32.3 Å². The predicted molar refractivity (Wildman–Crippen MR) is 134 cm³/mol. The molecule has 2 aromatic rings. The first-order valence-electron chi connectivity index (χ1n) is 10.3. The van der Waals surface area contributed by atoms with Crippen molar-refractivity contribution >= 4 is 41.0 Å². The van der Waals surface area contributed by atoms with E-state index in [0.29, 0.717) is 11.4 Å². The molecule has 10 heteroatoms. The predicted octanol–water partition coefficient (Wildman–Crippen LogP) is 4.64. The Morgan fingerprint density at radius 2 is 1.18 bits per heavy atom. The number of aryl methyl sites for hydroxylation is 2. The van der Waals surface area contributed by atoms with Gasteiger partial charge < -0.3 is 19.1 Å². The van der Waals surface area contributed by atoms with Crippen LogP contribution in [0.1, 0.15) is 11.1 Å². The fraction of sp³-hybridized carbons (Fsp3) is 0.375. The lowest BCUT2D eigenvalue weighted by Crippen LogP contribution is -2.26. The second-order valence-electron chi connectivity index (χ2n) is 7.54. The second kappa shape index (κ2) is 12.9. The Bertz CT molecular complexity index is 1010. The van der Waals surface area contributed by atoms with Gasteiger partial charge in [0.1, 0.15) is 0 Å². The van der Waals surface area contributed by atoms with Crippen molar-refractivity contribution in [2.45, 2.75) is 13.8 Å². The summed E-state index contributed by atoms with van der Waals surface area (Å²) in [4.78, 5) is 38.7. The van der Waals surface area contributed by atoms with Crippen molar-refractivity contribution in [3.63, 3.8) is 0 Å². The van der Waals surface area contributed by atoms with E-state index in [2.05, 4.69) is 19.5 Å². The van der Waals surface area contributed by atoms with Crippen molar-refractivity contribution < 1.29 is 28.6 Å². The molecule has 0 saturated heterocycles. The molecule has 0 atom stereocenters. The van der Waals surface area contributed by atoms with Gasteiger partial charge in [-0.1, -0.05) is 12.1 Å². The van der Waals surface area contributed by atoms with Gasteiger partial charge in [0, 0.05) is 50.9 Å². The highest BCUT2D eigenvalue weighted by molar-refractivity contribution is 5.91. The Kier molecular flexibility index (Phi) is 10.7. The zero-order valence-electron chi connectivity index (χ0n) is 21.3. The average Bonchev–Trinajstić information content (AvgIpc) is 2.83. The quantitative estimate of drug-likeness (QED) is 0.644. The number of rotatable bonds is 4. The third-order valence-corrected chi connectivity index (χ3v) is 4.99. The molecule has 0 bridgehead atoms. The van der Waals surface area contributed by atoms with Gasteiger partial charge >= 0.3 is 18.3 Å². The van der Waals surface area contributed by atoms with Crippen LogP contribution < -0.4 is 20.0 Å². The molecule has 10 nitrogen and oxygen atoms in total. The van der Waals surface area contributed by atoms with Crippen LogP contribution in [0, 0.1) is 13.8 Å². The summed E-state index contributed by atoms with van der Waals surface area (Å²) in [5, 5.41) is 2.57. The van der Waals surface area contributed by atoms with Gasteiger partial charge in [0.15, 0.2) is 0 Å². The molecule has 3 amide bonds. The molecule has 0 heterocycles. The van der Waals surface area contributed by atoms with Crippen LogP contribution in [0.15, 0.2) is 36.4 Å². The molecule has 0 aliphatic carbocycles. The van der Waals surface area contributed by atoms with Gasteiger partial charge in [0.05, 0.1) is 21.3 Å². The van der Waals surface area contributed by atoms with Gasteiger partial charge in [-0.2, -0.15) is 0 Å².